The number of nitrogens with zero attached hydrogens (tertiary/aromatic N) is 3. The third kappa shape index (κ3) is 27.8. The van der Waals surface area contributed by atoms with Crippen LogP contribution in [0.15, 0.2) is 67.3 Å². The average Bonchev–Trinajstić information content (AvgIpc) is 0.756. The maximum absolute atomic E-state index is 12.2. The van der Waals surface area contributed by atoms with Gasteiger partial charge >= 0.3 is 60.3 Å². The molecule has 26 heteroatoms. The number of nitrogens with one attached hydrogen (secondary N) is 3. The van der Waals surface area contributed by atoms with Crippen LogP contribution >= 0.6 is 0 Å². The van der Waals surface area contributed by atoms with Gasteiger partial charge in [0.15, 0.2) is 0 Å². The smallest absolute Gasteiger partial charge is 0.617 e. The molecule has 3 aromatic carbocycles. The summed E-state index contributed by atoms with van der Waals surface area (Å²) in [4.78, 5) is 97.5. The molecule has 0 saturated carbocycles. The Balaban J connectivity index is 0.000000433. The van der Waals surface area contributed by atoms with Gasteiger partial charge in [-0.3, -0.25) is 14.4 Å². The fourth-order valence-electron chi connectivity index (χ4n) is 12.5. The van der Waals surface area contributed by atoms with Gasteiger partial charge in [-0.15, -0.1) is 0 Å². The number of carbonyl (C=O) groups is 6. The van der Waals surface area contributed by atoms with Gasteiger partial charge in [-0.1, -0.05) is 34.9 Å². The molecular weight excluding hydrogens is 1310 g/mol. The summed E-state index contributed by atoms with van der Waals surface area (Å²) in [6, 6.07) is 11.5. The molecule has 102 heavy (non-hydrogen) atoms. The van der Waals surface area contributed by atoms with Crippen LogP contribution in [0.4, 0.5) is 31.4 Å². The number of hydrogen-bond acceptors (Lipinski definition) is 21. The number of alkyl carbamates (subject to hydrolysis) is 3. The van der Waals surface area contributed by atoms with Crippen LogP contribution in [0.5, 0.6) is 5.75 Å². The molecule has 5 aromatic rings. The third-order valence-corrected chi connectivity index (χ3v) is 16.4. The van der Waals surface area contributed by atoms with Crippen LogP contribution in [0.1, 0.15) is 187 Å². The molecule has 7 N–H and O–H groups in total. The van der Waals surface area contributed by atoms with E-state index in [2.05, 4.69) is 64.9 Å². The number of rotatable bonds is 14. The largest absolute Gasteiger partial charge is 1.00 e. The van der Waals surface area contributed by atoms with Crippen molar-refractivity contribution in [1.82, 2.24) is 16.0 Å². The molecule has 0 spiro atoms. The minimum atomic E-state index is -0.948. The monoisotopic (exact) mass is 1420 g/mol. The van der Waals surface area contributed by atoms with Crippen molar-refractivity contribution in [1.29, 1.82) is 0 Å². The Hall–Kier alpha value is -8.40. The summed E-state index contributed by atoms with van der Waals surface area (Å²) < 4.78 is 34.7. The predicted octanol–water partition coefficient (Wildman–Crippen LogP) is 8.04. The minimum absolute atomic E-state index is 0. The van der Waals surface area contributed by atoms with Gasteiger partial charge < -0.3 is 84.2 Å². The Morgan fingerprint density at radius 3 is 1.29 bits per heavy atom. The van der Waals surface area contributed by atoms with Crippen molar-refractivity contribution in [3.8, 4) is 5.75 Å². The standard InChI is InChI=1S/C22H28N2O4.C17H20N2O2.C12H15NO.C11H19NO5.C8H15NO4.C3H6O2.3CH4.Li/c1-22(2,3)28-21(26)23-9-8-14-13-18(25)27-20-16-7-5-11-24-10-4-6-15(19(16)24)12-17(14)20;18-6-5-11-10-15(20)21-17-13-4-2-8-19-7-1-3-12(16(13)19)9-14(11)17;14-11-6-5-9-3-1-7-13-8-2-4-10(11)12(9)13;1-11(2,3)17-10(15)12-6-5-8(13)7-9(14)16-4;1-8(2,3)13-7(12)9-5-4-6(10)11;1-3(4)5-2;;;;/h12-13H,4-11H2,1-3H3,(H,23,26);9-10H,1-8,18H2;5-6,14H,1-4,7-8H2;5-7H2,1-4H3,(H,12,15);4-5H2,1-3H3,(H,9,12)(H,10,11);4H,1H2,2H3;3*1H4;/q;;;;;;;;;+1/p-1. The van der Waals surface area contributed by atoms with Gasteiger partial charge in [0.2, 0.25) is 0 Å². The fraction of sp³-hybridized carbons (Fsp3) is 0.579. The third-order valence-electron chi connectivity index (χ3n) is 16.4. The van der Waals surface area contributed by atoms with Crippen molar-refractivity contribution in [2.24, 2.45) is 5.73 Å². The van der Waals surface area contributed by atoms with E-state index in [1.807, 2.05) is 26.8 Å². The molecule has 11 rings (SSSR count). The maximum Gasteiger partial charge on any atom is 1.00 e. The quantitative estimate of drug-likeness (QED) is 0.0153. The number of ether oxygens (including phenoxy) is 5. The summed E-state index contributed by atoms with van der Waals surface area (Å²) >= 11 is 0. The topological polar surface area (TPSA) is 344 Å². The number of aryl methyl sites for hydroxylation is 5. The van der Waals surface area contributed by atoms with Gasteiger partial charge in [-0.05, 0) is 212 Å². The van der Waals surface area contributed by atoms with E-state index in [-0.39, 0.29) is 90.5 Å². The number of amides is 3. The normalized spacial score (nSPS) is 14.0. The summed E-state index contributed by atoms with van der Waals surface area (Å²) in [5, 5.41) is 37.2. The maximum atomic E-state index is 12.2. The number of phenolic OH excluding ortho intramolecular Hbond substituents is 1. The van der Waals surface area contributed by atoms with E-state index in [1.165, 1.54) is 103 Å². The Morgan fingerprint density at radius 2 is 0.912 bits per heavy atom. The Kier molecular flexibility index (Phi) is 36.6. The first-order valence-electron chi connectivity index (χ1n) is 33.9. The van der Waals surface area contributed by atoms with Gasteiger partial charge in [0.05, 0.1) is 13.5 Å². The van der Waals surface area contributed by atoms with Crippen molar-refractivity contribution in [3.63, 3.8) is 0 Å². The van der Waals surface area contributed by atoms with E-state index in [1.54, 1.807) is 53.7 Å². The predicted molar refractivity (Wildman–Crippen MR) is 394 cm³/mol. The number of aliphatic carboxylic acids is 1. The van der Waals surface area contributed by atoms with Crippen LogP contribution in [0.3, 0.4) is 0 Å². The molecule has 0 unspecified atom stereocenters. The Bertz CT molecular complexity index is 3750. The SMILES string of the molecule is C.C.C.C=C([O-])OC.CC(C)(C)OC(=O)NCCC(=O)O.CC(C)(C)OC(=O)NCCc1cc(=O)oc2c3c4c(cc12)CCCN4CCC3.COC(=O)CC(=O)CCNC(=O)OC(C)(C)C.NCCc1cc(=O)oc2c3c4c(cc12)CCCN4CCC3.Oc1ccc2c3c1CCCN3CCC2.[Li+]. The molecule has 0 atom stereocenters. The number of methoxy groups -OCH3 is 2. The Labute approximate surface area is 614 Å². The molecular formula is C76H114LiN7O18. The number of aromatic hydroxyl groups is 1. The molecule has 8 heterocycles. The van der Waals surface area contributed by atoms with Crippen LogP contribution in [0, 0.1) is 0 Å². The number of ketones is 1. The first-order valence-corrected chi connectivity index (χ1v) is 33.9. The van der Waals surface area contributed by atoms with Crippen molar-refractivity contribution in [2.45, 2.75) is 211 Å². The number of anilines is 3. The zero-order valence-electron chi connectivity index (χ0n) is 60.1. The molecule has 562 valence electrons. The first kappa shape index (κ1) is 89.7. The number of nitrogens with two attached hydrogens (primary N) is 1. The van der Waals surface area contributed by atoms with E-state index in [4.69, 9.17) is 33.9 Å². The summed E-state index contributed by atoms with van der Waals surface area (Å²) in [6.45, 7) is 26.8. The molecule has 6 aliphatic heterocycles. The number of Topliss-reactive ketones (excluding diaryl/α,β-unsaturated/α-hetero) is 1. The number of carboxylic acids is 1. The second-order valence-corrected chi connectivity index (χ2v) is 27.6. The van der Waals surface area contributed by atoms with Gasteiger partial charge in [0.25, 0.3) is 0 Å². The second kappa shape index (κ2) is 41.6. The molecule has 0 radical (unpaired) electrons. The van der Waals surface area contributed by atoms with Crippen molar-refractivity contribution in [2.75, 3.05) is 94.4 Å². The molecule has 25 nitrogen and oxygen atoms in total. The average molecular weight is 1420 g/mol. The molecule has 3 amide bonds. The van der Waals surface area contributed by atoms with Crippen LogP contribution in [-0.2, 0) is 89.4 Å². The van der Waals surface area contributed by atoms with E-state index < -0.39 is 53.0 Å². The summed E-state index contributed by atoms with van der Waals surface area (Å²) in [7, 11) is 2.50. The van der Waals surface area contributed by atoms with Gasteiger partial charge in [-0.2, -0.15) is 0 Å². The van der Waals surface area contributed by atoms with E-state index >= 15 is 0 Å². The van der Waals surface area contributed by atoms with Crippen molar-refractivity contribution in [3.05, 3.63) is 114 Å². The number of carbonyl (C=O) groups excluding carboxylic acids is 5. The summed E-state index contributed by atoms with van der Waals surface area (Å²) in [6.07, 6.45) is 12.8. The number of esters is 1. The zero-order valence-corrected chi connectivity index (χ0v) is 60.1. The summed E-state index contributed by atoms with van der Waals surface area (Å²) in [5.41, 5.74) is 18.7. The molecule has 6 aliphatic rings. The van der Waals surface area contributed by atoms with Crippen LogP contribution < -0.4 is 71.6 Å². The number of hydrogen-bond donors (Lipinski definition) is 6. The number of phenols is 1. The molecule has 0 bridgehead atoms. The molecule has 0 fully saturated rings. The first-order chi connectivity index (χ1) is 46.3. The van der Waals surface area contributed by atoms with E-state index in [9.17, 15) is 48.6 Å². The molecule has 2 aromatic heterocycles. The zero-order chi connectivity index (χ0) is 72.1. The number of benzene rings is 3. The van der Waals surface area contributed by atoms with Gasteiger partial charge in [0, 0.05) is 128 Å². The Morgan fingerprint density at radius 1 is 0.549 bits per heavy atom. The van der Waals surface area contributed by atoms with Gasteiger partial charge in [0.1, 0.15) is 45.9 Å². The van der Waals surface area contributed by atoms with E-state index in [0.29, 0.717) is 25.3 Å². The molecule has 0 saturated heterocycles. The number of carboxylic acid groups (broad SMARTS) is 1. The fourth-order valence-corrected chi connectivity index (χ4v) is 12.5. The van der Waals surface area contributed by atoms with Crippen LogP contribution in [0.25, 0.3) is 21.9 Å². The van der Waals surface area contributed by atoms with Crippen LogP contribution in [0.2, 0.25) is 0 Å². The van der Waals surface area contributed by atoms with Gasteiger partial charge in [-0.25, -0.2) is 24.0 Å². The van der Waals surface area contributed by atoms with Crippen LogP contribution in [-0.4, -0.2) is 143 Å². The summed E-state index contributed by atoms with van der Waals surface area (Å²) in [5.74, 6) is -1.81. The van der Waals surface area contributed by atoms with Crippen molar-refractivity contribution < 1.29 is 95.5 Å². The van der Waals surface area contributed by atoms with Crippen molar-refractivity contribution >= 4 is 75.0 Å². The second-order valence-electron chi connectivity index (χ2n) is 27.6. The number of fused-ring (bicyclic) bond motifs is 4. The molecule has 0 aliphatic carbocycles. The van der Waals surface area contributed by atoms with E-state index in [0.717, 1.165) is 117 Å². The minimum Gasteiger partial charge on any atom is -0.617 e.